The maximum atomic E-state index is 3.53. The molecule has 1 N–H and O–H groups in total. The van der Waals surface area contributed by atoms with Crippen LogP contribution in [0.5, 0.6) is 0 Å². The molecule has 0 bridgehead atoms. The van der Waals surface area contributed by atoms with E-state index in [4.69, 9.17) is 0 Å². The van der Waals surface area contributed by atoms with E-state index in [-0.39, 0.29) is 0 Å². The number of aryl methyl sites for hydroxylation is 2. The summed E-state index contributed by atoms with van der Waals surface area (Å²) < 4.78 is 0. The molecule has 14 heavy (non-hydrogen) atoms. The van der Waals surface area contributed by atoms with Crippen LogP contribution in [0.25, 0.3) is 0 Å². The molecule has 2 aliphatic rings. The SMILES string of the molecule is CCc1cc2c(s1)CCC21CCNC1. The van der Waals surface area contributed by atoms with Gasteiger partial charge in [0.25, 0.3) is 0 Å². The van der Waals surface area contributed by atoms with E-state index in [0.29, 0.717) is 5.41 Å². The standard InChI is InChI=1S/C12H17NS/c1-2-9-7-10-11(14-9)3-4-12(10)5-6-13-8-12/h7,13H,2-6,8H2,1H3. The van der Waals surface area contributed by atoms with E-state index in [9.17, 15) is 0 Å². The zero-order valence-corrected chi connectivity index (χ0v) is 9.54. The van der Waals surface area contributed by atoms with Crippen LogP contribution in [0.1, 0.15) is 35.1 Å². The van der Waals surface area contributed by atoms with E-state index in [0.717, 1.165) is 0 Å². The molecule has 1 aromatic rings. The van der Waals surface area contributed by atoms with Gasteiger partial charge in [0.1, 0.15) is 0 Å². The fourth-order valence-corrected chi connectivity index (χ4v) is 4.19. The van der Waals surface area contributed by atoms with E-state index < -0.39 is 0 Å². The third-order valence-electron chi connectivity index (χ3n) is 3.85. The molecule has 0 radical (unpaired) electrons. The van der Waals surface area contributed by atoms with Gasteiger partial charge in [0.2, 0.25) is 0 Å². The van der Waals surface area contributed by atoms with E-state index in [1.165, 1.54) is 38.8 Å². The zero-order valence-electron chi connectivity index (χ0n) is 8.73. The Morgan fingerprint density at radius 2 is 2.43 bits per heavy atom. The molecule has 0 amide bonds. The Labute approximate surface area is 89.5 Å². The van der Waals surface area contributed by atoms with Crippen LogP contribution in [0.3, 0.4) is 0 Å². The second-order valence-electron chi connectivity index (χ2n) is 4.61. The van der Waals surface area contributed by atoms with Crippen LogP contribution in [0, 0.1) is 0 Å². The molecule has 0 aromatic carbocycles. The smallest absolute Gasteiger partial charge is 0.0104 e. The topological polar surface area (TPSA) is 12.0 Å². The van der Waals surface area contributed by atoms with Gasteiger partial charge in [-0.3, -0.25) is 0 Å². The van der Waals surface area contributed by atoms with Crippen molar-refractivity contribution in [2.75, 3.05) is 13.1 Å². The highest BCUT2D eigenvalue weighted by Crippen LogP contribution is 2.46. The Morgan fingerprint density at radius 1 is 1.50 bits per heavy atom. The minimum atomic E-state index is 0.541. The van der Waals surface area contributed by atoms with Gasteiger partial charge in [-0.25, -0.2) is 0 Å². The minimum Gasteiger partial charge on any atom is -0.316 e. The largest absolute Gasteiger partial charge is 0.316 e. The second-order valence-corrected chi connectivity index (χ2v) is 5.83. The van der Waals surface area contributed by atoms with Crippen LogP contribution in [0.15, 0.2) is 6.07 Å². The Morgan fingerprint density at radius 3 is 3.14 bits per heavy atom. The van der Waals surface area contributed by atoms with Gasteiger partial charge < -0.3 is 5.32 Å². The molecule has 2 heterocycles. The molecule has 1 atom stereocenters. The maximum Gasteiger partial charge on any atom is 0.0104 e. The summed E-state index contributed by atoms with van der Waals surface area (Å²) in [5, 5.41) is 3.53. The Hall–Kier alpha value is -0.340. The highest BCUT2D eigenvalue weighted by atomic mass is 32.1. The van der Waals surface area contributed by atoms with Crippen molar-refractivity contribution in [1.29, 1.82) is 0 Å². The monoisotopic (exact) mass is 207 g/mol. The number of fused-ring (bicyclic) bond motifs is 2. The first kappa shape index (κ1) is 8.93. The summed E-state index contributed by atoms with van der Waals surface area (Å²) in [5.41, 5.74) is 2.24. The quantitative estimate of drug-likeness (QED) is 0.746. The number of thiophene rings is 1. The predicted molar refractivity (Wildman–Crippen MR) is 61.2 cm³/mol. The van der Waals surface area contributed by atoms with Crippen molar-refractivity contribution in [3.8, 4) is 0 Å². The summed E-state index contributed by atoms with van der Waals surface area (Å²) >= 11 is 2.06. The Balaban J connectivity index is 2.03. The van der Waals surface area contributed by atoms with Crippen molar-refractivity contribution in [1.82, 2.24) is 5.32 Å². The number of hydrogen-bond donors (Lipinski definition) is 1. The number of rotatable bonds is 1. The lowest BCUT2D eigenvalue weighted by Crippen LogP contribution is -2.25. The third-order valence-corrected chi connectivity index (χ3v) is 5.19. The lowest BCUT2D eigenvalue weighted by atomic mass is 9.82. The third kappa shape index (κ3) is 1.10. The van der Waals surface area contributed by atoms with Gasteiger partial charge >= 0.3 is 0 Å². The first-order chi connectivity index (χ1) is 6.84. The second kappa shape index (κ2) is 3.07. The van der Waals surface area contributed by atoms with Crippen LogP contribution in [-0.2, 0) is 18.3 Å². The molecule has 1 fully saturated rings. The molecule has 1 aliphatic carbocycles. The van der Waals surface area contributed by atoms with Gasteiger partial charge in [0.05, 0.1) is 0 Å². The van der Waals surface area contributed by atoms with Crippen LogP contribution in [0.2, 0.25) is 0 Å². The first-order valence-electron chi connectivity index (χ1n) is 5.67. The molecule has 76 valence electrons. The van der Waals surface area contributed by atoms with E-state index in [2.05, 4.69) is 29.6 Å². The van der Waals surface area contributed by atoms with Crippen molar-refractivity contribution in [3.63, 3.8) is 0 Å². The summed E-state index contributed by atoms with van der Waals surface area (Å²) in [5.74, 6) is 0. The minimum absolute atomic E-state index is 0.541. The first-order valence-corrected chi connectivity index (χ1v) is 6.48. The van der Waals surface area contributed by atoms with Crippen molar-refractivity contribution in [3.05, 3.63) is 21.4 Å². The molecule has 1 spiro atoms. The highest BCUT2D eigenvalue weighted by molar-refractivity contribution is 7.12. The van der Waals surface area contributed by atoms with Crippen molar-refractivity contribution < 1.29 is 0 Å². The van der Waals surface area contributed by atoms with E-state index in [1.54, 1.807) is 15.3 Å². The van der Waals surface area contributed by atoms with Gasteiger partial charge in [-0.2, -0.15) is 0 Å². The molecule has 3 rings (SSSR count). The van der Waals surface area contributed by atoms with Crippen LogP contribution in [-0.4, -0.2) is 13.1 Å². The van der Waals surface area contributed by atoms with Crippen molar-refractivity contribution in [2.45, 2.75) is 38.0 Å². The molecule has 1 aromatic heterocycles. The van der Waals surface area contributed by atoms with Gasteiger partial charge in [-0.15, -0.1) is 11.3 Å². The molecule has 1 unspecified atom stereocenters. The van der Waals surface area contributed by atoms with Gasteiger partial charge in [0, 0.05) is 21.7 Å². The maximum absolute atomic E-state index is 3.53. The summed E-state index contributed by atoms with van der Waals surface area (Å²) in [4.78, 5) is 3.27. The summed E-state index contributed by atoms with van der Waals surface area (Å²) in [6.45, 7) is 4.71. The van der Waals surface area contributed by atoms with Crippen LogP contribution < -0.4 is 5.32 Å². The average Bonchev–Trinajstić information content (AvgIpc) is 2.88. The Bertz CT molecular complexity index is 347. The van der Waals surface area contributed by atoms with E-state index in [1.807, 2.05) is 0 Å². The van der Waals surface area contributed by atoms with Gasteiger partial charge in [-0.05, 0) is 43.9 Å². The summed E-state index contributed by atoms with van der Waals surface area (Å²) in [6.07, 6.45) is 5.30. The molecule has 0 saturated carbocycles. The molecular weight excluding hydrogens is 190 g/mol. The zero-order chi connectivity index (χ0) is 9.60. The summed E-state index contributed by atoms with van der Waals surface area (Å²) in [7, 11) is 0. The Kier molecular flexibility index (Phi) is 1.96. The van der Waals surface area contributed by atoms with E-state index >= 15 is 0 Å². The molecule has 1 nitrogen and oxygen atoms in total. The lowest BCUT2D eigenvalue weighted by Gasteiger charge is -2.21. The normalized spacial score (nSPS) is 30.1. The average molecular weight is 207 g/mol. The molecular formula is C12H17NS. The van der Waals surface area contributed by atoms with Crippen LogP contribution >= 0.6 is 11.3 Å². The van der Waals surface area contributed by atoms with Crippen molar-refractivity contribution >= 4 is 11.3 Å². The fraction of sp³-hybridized carbons (Fsp3) is 0.667. The lowest BCUT2D eigenvalue weighted by molar-refractivity contribution is 0.468. The highest BCUT2D eigenvalue weighted by Gasteiger charge is 2.41. The van der Waals surface area contributed by atoms with Crippen LogP contribution in [0.4, 0.5) is 0 Å². The summed E-state index contributed by atoms with van der Waals surface area (Å²) in [6, 6.07) is 2.49. The number of hydrogen-bond acceptors (Lipinski definition) is 2. The van der Waals surface area contributed by atoms with Gasteiger partial charge in [0.15, 0.2) is 0 Å². The number of nitrogens with one attached hydrogen (secondary N) is 1. The predicted octanol–water partition coefficient (Wildman–Crippen LogP) is 2.49. The molecule has 1 saturated heterocycles. The fourth-order valence-electron chi connectivity index (χ4n) is 2.97. The molecule has 1 aliphatic heterocycles. The van der Waals surface area contributed by atoms with Gasteiger partial charge in [-0.1, -0.05) is 6.92 Å². The molecule has 2 heteroatoms. The van der Waals surface area contributed by atoms with Crippen molar-refractivity contribution in [2.24, 2.45) is 0 Å².